The van der Waals surface area contributed by atoms with Gasteiger partial charge in [0.1, 0.15) is 11.4 Å². The third-order valence-electron chi connectivity index (χ3n) is 4.39. The molecule has 0 spiro atoms. The Bertz CT molecular complexity index is 1090. The third-order valence-corrected chi connectivity index (χ3v) is 4.39. The van der Waals surface area contributed by atoms with Crippen LogP contribution >= 0.6 is 0 Å². The molecule has 0 bridgehead atoms. The number of hydrogen-bond acceptors (Lipinski definition) is 4. The molecule has 0 radical (unpaired) electrons. The average molecular weight is 387 g/mol. The van der Waals surface area contributed by atoms with E-state index in [-0.39, 0.29) is 17.2 Å². The number of nitrogens with one attached hydrogen (secondary N) is 2. The summed E-state index contributed by atoms with van der Waals surface area (Å²) in [7, 11) is 0. The Balaban J connectivity index is 1.73. The largest absolute Gasteiger partial charge is 0.321 e. The quantitative estimate of drug-likeness (QED) is 0.635. The highest BCUT2D eigenvalue weighted by atomic mass is 16.2. The highest BCUT2D eigenvalue weighted by Gasteiger charge is 2.14. The molecule has 2 aromatic carbocycles. The lowest BCUT2D eigenvalue weighted by molar-refractivity contribution is 0.100. The average Bonchev–Trinajstić information content (AvgIpc) is 2.70. The summed E-state index contributed by atoms with van der Waals surface area (Å²) in [5, 5.41) is 5.53. The van der Waals surface area contributed by atoms with Crippen LogP contribution in [0.25, 0.3) is 0 Å². The molecular formula is C23H21N3O3. The number of carbonyl (C=O) groups excluding carboxylic acids is 3. The Hall–Kier alpha value is -3.80. The third kappa shape index (κ3) is 4.93. The van der Waals surface area contributed by atoms with Gasteiger partial charge in [-0.05, 0) is 68.8 Å². The molecule has 0 saturated carbocycles. The van der Waals surface area contributed by atoms with Crippen LogP contribution in [0.1, 0.15) is 49.4 Å². The van der Waals surface area contributed by atoms with E-state index in [1.807, 2.05) is 32.0 Å². The number of aromatic nitrogens is 1. The number of nitrogens with zero attached hydrogens (tertiary/aromatic N) is 1. The predicted octanol–water partition coefficient (Wildman–Crippen LogP) is 4.41. The lowest BCUT2D eigenvalue weighted by atomic mass is 10.1. The Morgan fingerprint density at radius 3 is 2.00 bits per heavy atom. The number of Topliss-reactive ketones (excluding diaryl/α,β-unsaturated/α-hetero) is 1. The van der Waals surface area contributed by atoms with E-state index < -0.39 is 11.8 Å². The Morgan fingerprint density at radius 2 is 1.41 bits per heavy atom. The number of aryl methyl sites for hydroxylation is 2. The normalized spacial score (nSPS) is 10.3. The molecule has 0 unspecified atom stereocenters. The van der Waals surface area contributed by atoms with E-state index in [1.54, 1.807) is 36.4 Å². The van der Waals surface area contributed by atoms with Crippen molar-refractivity contribution >= 4 is 29.0 Å². The van der Waals surface area contributed by atoms with Crippen LogP contribution in [0.4, 0.5) is 11.4 Å². The minimum atomic E-state index is -0.443. The molecular weight excluding hydrogens is 366 g/mol. The zero-order valence-electron chi connectivity index (χ0n) is 16.4. The zero-order valence-corrected chi connectivity index (χ0v) is 16.4. The number of ketones is 1. The van der Waals surface area contributed by atoms with Crippen LogP contribution in [0.15, 0.2) is 60.7 Å². The maximum Gasteiger partial charge on any atom is 0.274 e. The van der Waals surface area contributed by atoms with Crippen molar-refractivity contribution in [1.29, 1.82) is 0 Å². The summed E-state index contributed by atoms with van der Waals surface area (Å²) < 4.78 is 0. The van der Waals surface area contributed by atoms with E-state index >= 15 is 0 Å². The predicted molar refractivity (Wildman–Crippen MR) is 113 cm³/mol. The molecule has 6 heteroatoms. The fourth-order valence-electron chi connectivity index (χ4n) is 2.81. The second-order valence-electron chi connectivity index (χ2n) is 6.77. The highest BCUT2D eigenvalue weighted by Crippen LogP contribution is 2.17. The van der Waals surface area contributed by atoms with Gasteiger partial charge in [-0.15, -0.1) is 0 Å². The second-order valence-corrected chi connectivity index (χ2v) is 6.77. The van der Waals surface area contributed by atoms with Gasteiger partial charge in [0.15, 0.2) is 5.78 Å². The van der Waals surface area contributed by atoms with Crippen molar-refractivity contribution in [1.82, 2.24) is 4.98 Å². The molecule has 6 nitrogen and oxygen atoms in total. The number of carbonyl (C=O) groups is 3. The van der Waals surface area contributed by atoms with Crippen LogP contribution in [0.3, 0.4) is 0 Å². The van der Waals surface area contributed by atoms with Gasteiger partial charge in [-0.1, -0.05) is 23.8 Å². The zero-order chi connectivity index (χ0) is 21.0. The van der Waals surface area contributed by atoms with Crippen molar-refractivity contribution in [3.05, 3.63) is 88.7 Å². The first-order valence-corrected chi connectivity index (χ1v) is 9.11. The lowest BCUT2D eigenvalue weighted by Crippen LogP contribution is -2.18. The van der Waals surface area contributed by atoms with Crippen molar-refractivity contribution in [2.24, 2.45) is 0 Å². The SMILES string of the molecule is CC(=O)c1ccc(NC(=O)c2cccc(C(=O)Nc3ccc(C)cc3C)n2)cc1. The minimum Gasteiger partial charge on any atom is -0.321 e. The van der Waals surface area contributed by atoms with E-state index in [0.717, 1.165) is 11.1 Å². The highest BCUT2D eigenvalue weighted by molar-refractivity contribution is 6.06. The van der Waals surface area contributed by atoms with Gasteiger partial charge >= 0.3 is 0 Å². The van der Waals surface area contributed by atoms with Crippen LogP contribution in [-0.2, 0) is 0 Å². The van der Waals surface area contributed by atoms with E-state index in [0.29, 0.717) is 16.9 Å². The minimum absolute atomic E-state index is 0.0490. The number of pyridine rings is 1. The van der Waals surface area contributed by atoms with Crippen LogP contribution in [-0.4, -0.2) is 22.6 Å². The maximum absolute atomic E-state index is 12.5. The number of hydrogen-bond donors (Lipinski definition) is 2. The summed E-state index contributed by atoms with van der Waals surface area (Å²) in [6.45, 7) is 5.37. The molecule has 0 aliphatic rings. The topological polar surface area (TPSA) is 88.2 Å². The van der Waals surface area contributed by atoms with Crippen LogP contribution in [0.2, 0.25) is 0 Å². The van der Waals surface area contributed by atoms with E-state index in [9.17, 15) is 14.4 Å². The molecule has 1 aromatic heterocycles. The first kappa shape index (κ1) is 19.9. The van der Waals surface area contributed by atoms with E-state index in [4.69, 9.17) is 0 Å². The van der Waals surface area contributed by atoms with Gasteiger partial charge < -0.3 is 10.6 Å². The molecule has 146 valence electrons. The number of benzene rings is 2. The van der Waals surface area contributed by atoms with Crippen molar-refractivity contribution < 1.29 is 14.4 Å². The second kappa shape index (κ2) is 8.48. The molecule has 2 amide bonds. The fraction of sp³-hybridized carbons (Fsp3) is 0.130. The summed E-state index contributed by atoms with van der Waals surface area (Å²) in [6, 6.07) is 17.0. The van der Waals surface area contributed by atoms with Crippen LogP contribution in [0, 0.1) is 13.8 Å². The van der Waals surface area contributed by atoms with Gasteiger partial charge in [0.05, 0.1) is 0 Å². The van der Waals surface area contributed by atoms with E-state index in [1.165, 1.54) is 13.0 Å². The summed E-state index contributed by atoms with van der Waals surface area (Å²) >= 11 is 0. The lowest BCUT2D eigenvalue weighted by Gasteiger charge is -2.10. The van der Waals surface area contributed by atoms with Gasteiger partial charge in [-0.3, -0.25) is 14.4 Å². The summed E-state index contributed by atoms with van der Waals surface area (Å²) in [6.07, 6.45) is 0. The molecule has 1 heterocycles. The van der Waals surface area contributed by atoms with Gasteiger partial charge in [-0.2, -0.15) is 0 Å². The van der Waals surface area contributed by atoms with E-state index in [2.05, 4.69) is 15.6 Å². The van der Waals surface area contributed by atoms with Crippen LogP contribution < -0.4 is 10.6 Å². The number of rotatable bonds is 5. The summed E-state index contributed by atoms with van der Waals surface area (Å²) in [5.74, 6) is -0.883. The Morgan fingerprint density at radius 1 is 0.793 bits per heavy atom. The van der Waals surface area contributed by atoms with Gasteiger partial charge in [0.2, 0.25) is 0 Å². The molecule has 0 saturated heterocycles. The molecule has 0 atom stereocenters. The summed E-state index contributed by atoms with van der Waals surface area (Å²) in [4.78, 5) is 40.5. The van der Waals surface area contributed by atoms with Gasteiger partial charge in [-0.25, -0.2) is 4.98 Å². The van der Waals surface area contributed by atoms with Crippen molar-refractivity contribution in [3.8, 4) is 0 Å². The van der Waals surface area contributed by atoms with Crippen molar-refractivity contribution in [2.75, 3.05) is 10.6 Å². The van der Waals surface area contributed by atoms with Crippen molar-refractivity contribution in [3.63, 3.8) is 0 Å². The fourth-order valence-corrected chi connectivity index (χ4v) is 2.81. The first-order valence-electron chi connectivity index (χ1n) is 9.11. The smallest absolute Gasteiger partial charge is 0.274 e. The monoisotopic (exact) mass is 387 g/mol. The Labute approximate surface area is 169 Å². The molecule has 0 aliphatic heterocycles. The molecule has 0 fully saturated rings. The molecule has 29 heavy (non-hydrogen) atoms. The molecule has 2 N–H and O–H groups in total. The molecule has 3 aromatic rings. The van der Waals surface area contributed by atoms with Crippen LogP contribution in [0.5, 0.6) is 0 Å². The summed E-state index contributed by atoms with van der Waals surface area (Å²) in [5.41, 5.74) is 4.11. The maximum atomic E-state index is 12.5. The molecule has 0 aliphatic carbocycles. The van der Waals surface area contributed by atoms with Crippen molar-refractivity contribution in [2.45, 2.75) is 20.8 Å². The Kier molecular flexibility index (Phi) is 5.83. The van der Waals surface area contributed by atoms with Gasteiger partial charge in [0, 0.05) is 16.9 Å². The first-order chi connectivity index (χ1) is 13.8. The standard InChI is InChI=1S/C23H21N3O3/c1-14-7-12-19(15(2)13-14)26-23(29)21-6-4-5-20(25-21)22(28)24-18-10-8-17(9-11-18)16(3)27/h4-13H,1-3H3,(H,24,28)(H,26,29). The molecule has 3 rings (SSSR count). The van der Waals surface area contributed by atoms with Gasteiger partial charge in [0.25, 0.3) is 11.8 Å². The number of amides is 2. The number of anilines is 2.